The Hall–Kier alpha value is -2.90. The van der Waals surface area contributed by atoms with Crippen LogP contribution in [-0.4, -0.2) is 44.7 Å². The van der Waals surface area contributed by atoms with Crippen LogP contribution in [0.1, 0.15) is 12.8 Å². The van der Waals surface area contributed by atoms with Crippen molar-refractivity contribution >= 4 is 17.6 Å². The molecule has 1 saturated heterocycles. The Morgan fingerprint density at radius 3 is 2.91 bits per heavy atom. The van der Waals surface area contributed by atoms with Gasteiger partial charge in [-0.2, -0.15) is 5.10 Å². The van der Waals surface area contributed by atoms with Crippen LogP contribution in [0.4, 0.5) is 10.5 Å². The van der Waals surface area contributed by atoms with Gasteiger partial charge >= 0.3 is 6.03 Å². The fourth-order valence-electron chi connectivity index (χ4n) is 2.70. The van der Waals surface area contributed by atoms with Crippen molar-refractivity contribution in [2.24, 2.45) is 11.7 Å². The molecule has 0 bridgehead atoms. The van der Waals surface area contributed by atoms with Gasteiger partial charge in [0.2, 0.25) is 5.91 Å². The summed E-state index contributed by atoms with van der Waals surface area (Å²) in [7, 11) is 0. The zero-order valence-corrected chi connectivity index (χ0v) is 12.6. The minimum absolute atomic E-state index is 0.141. The molecule has 3 rings (SSSR count). The van der Waals surface area contributed by atoms with E-state index in [1.54, 1.807) is 41.5 Å². The summed E-state index contributed by atoms with van der Waals surface area (Å²) in [5.41, 5.74) is 5.89. The van der Waals surface area contributed by atoms with Gasteiger partial charge in [0.15, 0.2) is 5.82 Å². The van der Waals surface area contributed by atoms with E-state index >= 15 is 0 Å². The van der Waals surface area contributed by atoms with Gasteiger partial charge in [-0.25, -0.2) is 14.5 Å². The highest BCUT2D eigenvalue weighted by atomic mass is 16.2. The molecule has 2 aromatic rings. The van der Waals surface area contributed by atoms with Gasteiger partial charge in [-0.15, -0.1) is 0 Å². The number of amides is 3. The molecule has 0 aliphatic carbocycles. The van der Waals surface area contributed by atoms with E-state index in [0.29, 0.717) is 24.6 Å². The molecular formula is C15H18N6O2. The predicted octanol–water partition coefficient (Wildman–Crippen LogP) is 0.996. The number of pyridine rings is 1. The van der Waals surface area contributed by atoms with Crippen molar-refractivity contribution in [3.05, 3.63) is 36.8 Å². The maximum Gasteiger partial charge on any atom is 0.314 e. The Morgan fingerprint density at radius 1 is 1.30 bits per heavy atom. The van der Waals surface area contributed by atoms with E-state index in [-0.39, 0.29) is 11.8 Å². The van der Waals surface area contributed by atoms with Crippen LogP contribution < -0.4 is 11.1 Å². The minimum atomic E-state index is -0.485. The molecular weight excluding hydrogens is 296 g/mol. The number of aromatic nitrogens is 3. The number of nitrogens with two attached hydrogens (primary N) is 1. The number of nitrogens with zero attached hydrogens (tertiary/aromatic N) is 4. The van der Waals surface area contributed by atoms with Crippen LogP contribution in [0.15, 0.2) is 36.8 Å². The Bertz CT molecular complexity index is 700. The third-order valence-corrected chi connectivity index (χ3v) is 3.87. The zero-order valence-electron chi connectivity index (χ0n) is 12.6. The standard InChI is InChI=1S/C15H18N6O2/c16-15(23)20-8-2-4-11(10-20)14(22)19-12-5-1-6-17-13(12)21-9-3-7-18-21/h1,3,5-7,9,11H,2,4,8,10H2,(H2,16,23)(H,19,22)/t11-/m1/s1. The lowest BCUT2D eigenvalue weighted by molar-refractivity contribution is -0.121. The van der Waals surface area contributed by atoms with Gasteiger partial charge in [0, 0.05) is 31.7 Å². The second-order valence-corrected chi connectivity index (χ2v) is 5.44. The summed E-state index contributed by atoms with van der Waals surface area (Å²) in [6.07, 6.45) is 6.54. The lowest BCUT2D eigenvalue weighted by Crippen LogP contribution is -2.46. The van der Waals surface area contributed by atoms with Crippen LogP contribution in [0.5, 0.6) is 0 Å². The largest absolute Gasteiger partial charge is 0.351 e. The number of likely N-dealkylation sites (tertiary alicyclic amines) is 1. The number of piperidine rings is 1. The van der Waals surface area contributed by atoms with Crippen LogP contribution >= 0.6 is 0 Å². The number of hydrogen-bond donors (Lipinski definition) is 2. The predicted molar refractivity (Wildman–Crippen MR) is 83.9 cm³/mol. The molecule has 23 heavy (non-hydrogen) atoms. The molecule has 0 aromatic carbocycles. The van der Waals surface area contributed by atoms with Gasteiger partial charge in [0.1, 0.15) is 0 Å². The van der Waals surface area contributed by atoms with E-state index < -0.39 is 6.03 Å². The molecule has 0 radical (unpaired) electrons. The zero-order chi connectivity index (χ0) is 16.2. The van der Waals surface area contributed by atoms with Crippen molar-refractivity contribution in [2.45, 2.75) is 12.8 Å². The number of rotatable bonds is 3. The van der Waals surface area contributed by atoms with E-state index in [0.717, 1.165) is 12.8 Å². The SMILES string of the molecule is NC(=O)N1CCC[C@@H](C(=O)Nc2cccnc2-n2cccn2)C1. The molecule has 8 heteroatoms. The molecule has 2 aromatic heterocycles. The Morgan fingerprint density at radius 2 is 2.17 bits per heavy atom. The van der Waals surface area contributed by atoms with Crippen molar-refractivity contribution in [1.82, 2.24) is 19.7 Å². The topological polar surface area (TPSA) is 106 Å². The average Bonchev–Trinajstić information content (AvgIpc) is 3.09. The lowest BCUT2D eigenvalue weighted by Gasteiger charge is -2.30. The number of primary amides is 1. The molecule has 0 spiro atoms. The highest BCUT2D eigenvalue weighted by Gasteiger charge is 2.28. The number of carbonyl (C=O) groups excluding carboxylic acids is 2. The summed E-state index contributed by atoms with van der Waals surface area (Å²) >= 11 is 0. The molecule has 1 aliphatic rings. The molecule has 3 heterocycles. The highest BCUT2D eigenvalue weighted by Crippen LogP contribution is 2.21. The molecule has 1 aliphatic heterocycles. The van der Waals surface area contributed by atoms with E-state index in [2.05, 4.69) is 15.4 Å². The van der Waals surface area contributed by atoms with E-state index in [4.69, 9.17) is 5.73 Å². The maximum atomic E-state index is 12.5. The van der Waals surface area contributed by atoms with Crippen molar-refractivity contribution in [1.29, 1.82) is 0 Å². The molecule has 120 valence electrons. The number of hydrogen-bond acceptors (Lipinski definition) is 4. The summed E-state index contributed by atoms with van der Waals surface area (Å²) < 4.78 is 1.59. The monoisotopic (exact) mass is 314 g/mol. The van der Waals surface area contributed by atoms with Crippen molar-refractivity contribution < 1.29 is 9.59 Å². The van der Waals surface area contributed by atoms with E-state index in [1.165, 1.54) is 4.90 Å². The summed E-state index contributed by atoms with van der Waals surface area (Å²) in [6, 6.07) is 4.82. The quantitative estimate of drug-likeness (QED) is 0.881. The number of nitrogens with one attached hydrogen (secondary N) is 1. The van der Waals surface area contributed by atoms with E-state index in [9.17, 15) is 9.59 Å². The first-order valence-electron chi connectivity index (χ1n) is 7.45. The van der Waals surface area contributed by atoms with Gasteiger partial charge < -0.3 is 16.0 Å². The summed E-state index contributed by atoms with van der Waals surface area (Å²) in [5.74, 6) is 0.132. The van der Waals surface area contributed by atoms with Crippen molar-refractivity contribution in [3.63, 3.8) is 0 Å². The Labute approximate surface area is 133 Å². The Kier molecular flexibility index (Phi) is 4.22. The van der Waals surface area contributed by atoms with Crippen LogP contribution in [-0.2, 0) is 4.79 Å². The van der Waals surface area contributed by atoms with Gasteiger partial charge in [0.05, 0.1) is 11.6 Å². The molecule has 3 N–H and O–H groups in total. The Balaban J connectivity index is 1.75. The van der Waals surface area contributed by atoms with Gasteiger partial charge in [0.25, 0.3) is 0 Å². The van der Waals surface area contributed by atoms with Crippen molar-refractivity contribution in [3.8, 4) is 5.82 Å². The molecule has 0 saturated carbocycles. The van der Waals surface area contributed by atoms with Gasteiger partial charge in [-0.05, 0) is 31.0 Å². The number of carbonyl (C=O) groups is 2. The van der Waals surface area contributed by atoms with Gasteiger partial charge in [-0.3, -0.25) is 4.79 Å². The smallest absolute Gasteiger partial charge is 0.314 e. The second-order valence-electron chi connectivity index (χ2n) is 5.44. The normalized spacial score (nSPS) is 17.7. The summed E-state index contributed by atoms with van der Waals surface area (Å²) in [4.78, 5) is 29.6. The fourth-order valence-corrected chi connectivity index (χ4v) is 2.70. The molecule has 8 nitrogen and oxygen atoms in total. The van der Waals surface area contributed by atoms with Crippen LogP contribution in [0.25, 0.3) is 5.82 Å². The minimum Gasteiger partial charge on any atom is -0.351 e. The third-order valence-electron chi connectivity index (χ3n) is 3.87. The first-order valence-corrected chi connectivity index (χ1v) is 7.45. The number of anilines is 1. The van der Waals surface area contributed by atoms with Gasteiger partial charge in [-0.1, -0.05) is 0 Å². The summed E-state index contributed by atoms with van der Waals surface area (Å²) in [6.45, 7) is 0.947. The third kappa shape index (κ3) is 3.31. The first kappa shape index (κ1) is 15.0. The van der Waals surface area contributed by atoms with Crippen LogP contribution in [0.3, 0.4) is 0 Å². The fraction of sp³-hybridized carbons (Fsp3) is 0.333. The van der Waals surface area contributed by atoms with Crippen molar-refractivity contribution in [2.75, 3.05) is 18.4 Å². The highest BCUT2D eigenvalue weighted by molar-refractivity contribution is 5.94. The maximum absolute atomic E-state index is 12.5. The molecule has 1 fully saturated rings. The molecule has 1 atom stereocenters. The molecule has 3 amide bonds. The number of urea groups is 1. The molecule has 0 unspecified atom stereocenters. The lowest BCUT2D eigenvalue weighted by atomic mass is 9.97. The second kappa shape index (κ2) is 6.47. The average molecular weight is 314 g/mol. The summed E-state index contributed by atoms with van der Waals surface area (Å²) in [5, 5.41) is 7.02. The van der Waals surface area contributed by atoms with Crippen LogP contribution in [0.2, 0.25) is 0 Å². The van der Waals surface area contributed by atoms with E-state index in [1.807, 2.05) is 0 Å². The van der Waals surface area contributed by atoms with Crippen LogP contribution in [0, 0.1) is 5.92 Å². The first-order chi connectivity index (χ1) is 11.1.